The van der Waals surface area contributed by atoms with E-state index in [0.717, 1.165) is 10.6 Å². The van der Waals surface area contributed by atoms with E-state index in [1.807, 2.05) is 0 Å². The maximum absolute atomic E-state index is 12.8. The van der Waals surface area contributed by atoms with E-state index in [0.29, 0.717) is 24.5 Å². The van der Waals surface area contributed by atoms with Gasteiger partial charge in [0.2, 0.25) is 26.0 Å². The number of amides is 1. The van der Waals surface area contributed by atoms with Crippen molar-refractivity contribution in [2.75, 3.05) is 55.3 Å². The van der Waals surface area contributed by atoms with E-state index in [1.165, 1.54) is 52.8 Å². The normalized spacial score (nSPS) is 14.8. The zero-order valence-corrected chi connectivity index (χ0v) is 21.0. The van der Waals surface area contributed by atoms with Gasteiger partial charge >= 0.3 is 5.97 Å². The third-order valence-electron chi connectivity index (χ3n) is 5.10. The number of morpholine rings is 1. The minimum Gasteiger partial charge on any atom is -0.462 e. The maximum atomic E-state index is 12.8. The van der Waals surface area contributed by atoms with Crippen LogP contribution in [-0.2, 0) is 34.3 Å². The average Bonchev–Trinajstić information content (AvgIpc) is 2.83. The molecule has 0 atom stereocenters. The van der Waals surface area contributed by atoms with Crippen LogP contribution < -0.4 is 9.62 Å². The Kier molecular flexibility index (Phi) is 8.48. The Labute approximate surface area is 204 Å². The Morgan fingerprint density at radius 1 is 1.00 bits per heavy atom. The number of hydrogen-bond acceptors (Lipinski definition) is 8. The average molecular weight is 526 g/mol. The SMILES string of the molecule is CCOC(=O)c1ccc(NC(=O)CN(c2ccc(S(=O)(=O)N3CCOCC3)cc2)S(C)(=O)=O)cc1. The third-order valence-corrected chi connectivity index (χ3v) is 8.15. The molecule has 0 bridgehead atoms. The van der Waals surface area contributed by atoms with Crippen molar-refractivity contribution in [2.45, 2.75) is 11.8 Å². The highest BCUT2D eigenvalue weighted by molar-refractivity contribution is 7.92. The number of nitrogens with zero attached hydrogens (tertiary/aromatic N) is 2. The van der Waals surface area contributed by atoms with Crippen molar-refractivity contribution in [3.8, 4) is 0 Å². The molecule has 0 aliphatic carbocycles. The van der Waals surface area contributed by atoms with Gasteiger partial charge in [0.1, 0.15) is 6.54 Å². The van der Waals surface area contributed by atoms with Gasteiger partial charge < -0.3 is 14.8 Å². The molecule has 0 radical (unpaired) electrons. The van der Waals surface area contributed by atoms with Gasteiger partial charge in [-0.1, -0.05) is 0 Å². The second-order valence-corrected chi connectivity index (χ2v) is 11.5. The van der Waals surface area contributed by atoms with Crippen molar-refractivity contribution in [1.29, 1.82) is 0 Å². The summed E-state index contributed by atoms with van der Waals surface area (Å²) >= 11 is 0. The lowest BCUT2D eigenvalue weighted by Crippen LogP contribution is -2.40. The fraction of sp³-hybridized carbons (Fsp3) is 0.364. The topological polar surface area (TPSA) is 139 Å². The summed E-state index contributed by atoms with van der Waals surface area (Å²) in [6, 6.07) is 11.3. The number of nitrogens with one attached hydrogen (secondary N) is 1. The van der Waals surface area contributed by atoms with Crippen LogP contribution in [0.4, 0.5) is 11.4 Å². The number of anilines is 2. The van der Waals surface area contributed by atoms with Crippen LogP contribution >= 0.6 is 0 Å². The molecular formula is C22H27N3O8S2. The van der Waals surface area contributed by atoms with E-state index in [4.69, 9.17) is 9.47 Å². The zero-order chi connectivity index (χ0) is 25.6. The van der Waals surface area contributed by atoms with Crippen LogP contribution in [0.1, 0.15) is 17.3 Å². The molecule has 0 spiro atoms. The summed E-state index contributed by atoms with van der Waals surface area (Å²) in [5.74, 6) is -1.11. The van der Waals surface area contributed by atoms with Crippen molar-refractivity contribution in [3.63, 3.8) is 0 Å². The molecule has 0 unspecified atom stereocenters. The Balaban J connectivity index is 1.72. The molecular weight excluding hydrogens is 498 g/mol. The van der Waals surface area contributed by atoms with Gasteiger partial charge in [0.05, 0.1) is 42.2 Å². The number of hydrogen-bond donors (Lipinski definition) is 1. The molecule has 190 valence electrons. The van der Waals surface area contributed by atoms with Crippen LogP contribution in [-0.4, -0.2) is 78.7 Å². The molecule has 3 rings (SSSR count). The number of carbonyl (C=O) groups is 2. The van der Waals surface area contributed by atoms with E-state index in [-0.39, 0.29) is 30.3 Å². The Hall–Kier alpha value is -3.00. The number of rotatable bonds is 9. The second-order valence-electron chi connectivity index (χ2n) is 7.63. The van der Waals surface area contributed by atoms with E-state index in [1.54, 1.807) is 6.92 Å². The van der Waals surface area contributed by atoms with Gasteiger partial charge in [-0.05, 0) is 55.5 Å². The molecule has 1 fully saturated rings. The van der Waals surface area contributed by atoms with Crippen molar-refractivity contribution in [2.24, 2.45) is 0 Å². The highest BCUT2D eigenvalue weighted by atomic mass is 32.2. The summed E-state index contributed by atoms with van der Waals surface area (Å²) in [5, 5.41) is 2.58. The lowest BCUT2D eigenvalue weighted by molar-refractivity contribution is -0.114. The van der Waals surface area contributed by atoms with Crippen molar-refractivity contribution in [3.05, 3.63) is 54.1 Å². The smallest absolute Gasteiger partial charge is 0.338 e. The fourth-order valence-corrected chi connectivity index (χ4v) is 5.62. The van der Waals surface area contributed by atoms with Crippen molar-refractivity contribution < 1.29 is 35.9 Å². The summed E-state index contributed by atoms with van der Waals surface area (Å²) in [6.45, 7) is 2.48. The minimum atomic E-state index is -3.86. The number of ether oxygens (including phenoxy) is 2. The Bertz CT molecular complexity index is 1250. The van der Waals surface area contributed by atoms with Crippen molar-refractivity contribution in [1.82, 2.24) is 4.31 Å². The third kappa shape index (κ3) is 6.78. The minimum absolute atomic E-state index is 0.0164. The first kappa shape index (κ1) is 26.6. The van der Waals surface area contributed by atoms with Crippen LogP contribution in [0.5, 0.6) is 0 Å². The molecule has 2 aromatic rings. The number of esters is 1. The van der Waals surface area contributed by atoms with Gasteiger partial charge in [-0.15, -0.1) is 0 Å². The molecule has 13 heteroatoms. The Morgan fingerprint density at radius 3 is 2.14 bits per heavy atom. The molecule has 1 heterocycles. The molecule has 0 aromatic heterocycles. The first-order valence-electron chi connectivity index (χ1n) is 10.7. The summed E-state index contributed by atoms with van der Waals surface area (Å²) in [5.41, 5.74) is 0.819. The molecule has 1 aliphatic rings. The molecule has 2 aromatic carbocycles. The molecule has 1 N–H and O–H groups in total. The van der Waals surface area contributed by atoms with Gasteiger partial charge in [-0.3, -0.25) is 9.10 Å². The lowest BCUT2D eigenvalue weighted by Gasteiger charge is -2.26. The molecule has 1 amide bonds. The van der Waals surface area contributed by atoms with Crippen LogP contribution in [0.3, 0.4) is 0 Å². The first-order chi connectivity index (χ1) is 16.5. The quantitative estimate of drug-likeness (QED) is 0.483. The molecule has 35 heavy (non-hydrogen) atoms. The highest BCUT2D eigenvalue weighted by Gasteiger charge is 2.27. The van der Waals surface area contributed by atoms with Crippen LogP contribution in [0, 0.1) is 0 Å². The van der Waals surface area contributed by atoms with Crippen LogP contribution in [0.15, 0.2) is 53.4 Å². The van der Waals surface area contributed by atoms with Gasteiger partial charge in [0, 0.05) is 18.8 Å². The van der Waals surface area contributed by atoms with E-state index < -0.39 is 38.5 Å². The van der Waals surface area contributed by atoms with Gasteiger partial charge in [-0.2, -0.15) is 4.31 Å². The zero-order valence-electron chi connectivity index (χ0n) is 19.3. The second kappa shape index (κ2) is 11.2. The van der Waals surface area contributed by atoms with Crippen molar-refractivity contribution >= 4 is 43.3 Å². The largest absolute Gasteiger partial charge is 0.462 e. The van der Waals surface area contributed by atoms with Crippen LogP contribution in [0.25, 0.3) is 0 Å². The summed E-state index contributed by atoms with van der Waals surface area (Å²) in [7, 11) is -7.61. The first-order valence-corrected chi connectivity index (χ1v) is 14.0. The predicted octanol–water partition coefficient (Wildman–Crippen LogP) is 1.29. The molecule has 0 saturated carbocycles. The van der Waals surface area contributed by atoms with Gasteiger partial charge in [-0.25, -0.2) is 21.6 Å². The highest BCUT2D eigenvalue weighted by Crippen LogP contribution is 2.23. The maximum Gasteiger partial charge on any atom is 0.338 e. The molecule has 1 aliphatic heterocycles. The fourth-order valence-electron chi connectivity index (χ4n) is 3.36. The van der Waals surface area contributed by atoms with E-state index in [9.17, 15) is 26.4 Å². The number of benzene rings is 2. The number of carbonyl (C=O) groups excluding carboxylic acids is 2. The standard InChI is InChI=1S/C22H27N3O8S2/c1-3-33-22(27)17-4-6-18(7-5-17)23-21(26)16-25(34(2,28)29)19-8-10-20(11-9-19)35(30,31)24-12-14-32-15-13-24/h4-11H,3,12-16H2,1-2H3,(H,23,26). The van der Waals surface area contributed by atoms with Crippen LogP contribution in [0.2, 0.25) is 0 Å². The summed E-state index contributed by atoms with van der Waals surface area (Å²) in [4.78, 5) is 24.3. The number of sulfonamides is 2. The molecule has 1 saturated heterocycles. The summed E-state index contributed by atoms with van der Waals surface area (Å²) in [6.07, 6.45) is 0.951. The van der Waals surface area contributed by atoms with Gasteiger partial charge in [0.25, 0.3) is 0 Å². The van der Waals surface area contributed by atoms with E-state index >= 15 is 0 Å². The van der Waals surface area contributed by atoms with E-state index in [2.05, 4.69) is 5.32 Å². The van der Waals surface area contributed by atoms with Gasteiger partial charge in [0.15, 0.2) is 0 Å². The Morgan fingerprint density at radius 2 is 1.60 bits per heavy atom. The lowest BCUT2D eigenvalue weighted by atomic mass is 10.2. The monoisotopic (exact) mass is 525 g/mol. The molecule has 11 nitrogen and oxygen atoms in total. The predicted molar refractivity (Wildman–Crippen MR) is 129 cm³/mol. The summed E-state index contributed by atoms with van der Waals surface area (Å²) < 4.78 is 62.6.